The Morgan fingerprint density at radius 3 is 2.17 bits per heavy atom. The van der Waals surface area contributed by atoms with Crippen LogP contribution >= 0.6 is 0 Å². The molecule has 0 spiro atoms. The third-order valence-corrected chi connectivity index (χ3v) is 5.77. The van der Waals surface area contributed by atoms with E-state index in [-0.39, 0.29) is 17.6 Å². The smallest absolute Gasteiger partial charge is 0.306 e. The average molecular weight is 427 g/mol. The molecule has 2 aromatic rings. The quantitative estimate of drug-likeness (QED) is 0.679. The first kappa shape index (κ1) is 21.8. The van der Waals surface area contributed by atoms with Gasteiger partial charge in [-0.05, 0) is 41.7 Å². The molecule has 0 aliphatic heterocycles. The number of hydrogen-bond acceptors (Lipinski definition) is 5. The summed E-state index contributed by atoms with van der Waals surface area (Å²) in [5.41, 5.74) is 2.85. The number of nitrogens with zero attached hydrogens (tertiary/aromatic N) is 1. The normalized spacial score (nSPS) is 15.7. The van der Waals surface area contributed by atoms with Gasteiger partial charge in [-0.1, -0.05) is 55.7 Å². The lowest BCUT2D eigenvalue weighted by Crippen LogP contribution is -2.40. The molecule has 3 rings (SSSR count). The molecule has 0 aromatic heterocycles. The zero-order valence-corrected chi connectivity index (χ0v) is 17.8. The van der Waals surface area contributed by atoms with Crippen LogP contribution in [0.2, 0.25) is 0 Å². The number of amides is 1. The average Bonchev–Trinajstić information content (AvgIpc) is 2.74. The molecule has 0 radical (unpaired) electrons. The summed E-state index contributed by atoms with van der Waals surface area (Å²) in [4.78, 5) is 12.4. The minimum atomic E-state index is -3.55. The fraction of sp³-hybridized carbons (Fsp3) is 0.391. The zero-order valence-electron chi connectivity index (χ0n) is 17.0. The molecular weight excluding hydrogens is 400 g/mol. The third-order valence-electron chi connectivity index (χ3n) is 5.28. The van der Waals surface area contributed by atoms with Gasteiger partial charge >= 0.3 is 10.1 Å². The van der Waals surface area contributed by atoms with Crippen LogP contribution < -0.4 is 9.50 Å². The minimum absolute atomic E-state index is 0.00530. The van der Waals surface area contributed by atoms with Gasteiger partial charge in [-0.25, -0.2) is 0 Å². The van der Waals surface area contributed by atoms with E-state index in [1.54, 1.807) is 24.3 Å². The molecule has 1 aliphatic rings. The number of nitrogens with one attached hydrogen (secondary N) is 1. The maximum atomic E-state index is 12.4. The maximum Gasteiger partial charge on any atom is 0.306 e. The number of hydrogen-bond donors (Lipinski definition) is 1. The number of benzene rings is 2. The van der Waals surface area contributed by atoms with Gasteiger partial charge in [-0.15, -0.1) is 0 Å². The lowest BCUT2D eigenvalue weighted by Gasteiger charge is -2.22. The van der Waals surface area contributed by atoms with E-state index in [0.717, 1.165) is 48.6 Å². The van der Waals surface area contributed by atoms with Gasteiger partial charge in [-0.3, -0.25) is 4.79 Å². The summed E-state index contributed by atoms with van der Waals surface area (Å²) < 4.78 is 27.2. The minimum Gasteiger partial charge on any atom is -0.383 e. The first-order valence-corrected chi connectivity index (χ1v) is 11.9. The number of nitriles is 1. The summed E-state index contributed by atoms with van der Waals surface area (Å²) in [6.45, 7) is 0. The molecule has 1 atom stereocenters. The Kier molecular flexibility index (Phi) is 7.11. The molecule has 0 saturated heterocycles. The summed E-state index contributed by atoms with van der Waals surface area (Å²) in [6.07, 6.45) is 6.63. The molecule has 0 unspecified atom stereocenters. The van der Waals surface area contributed by atoms with E-state index in [4.69, 9.17) is 4.18 Å². The Hall–Kier alpha value is -2.85. The molecule has 0 bridgehead atoms. The van der Waals surface area contributed by atoms with Crippen LogP contribution in [0.1, 0.15) is 37.7 Å². The Labute approximate surface area is 178 Å². The Bertz CT molecular complexity index is 1000. The Morgan fingerprint density at radius 2 is 1.63 bits per heavy atom. The van der Waals surface area contributed by atoms with Gasteiger partial charge in [-0.2, -0.15) is 13.7 Å². The highest BCUT2D eigenvalue weighted by atomic mass is 32.2. The molecule has 1 N–H and O–H groups in total. The summed E-state index contributed by atoms with van der Waals surface area (Å²) >= 11 is 0. The largest absolute Gasteiger partial charge is 0.383 e. The topological polar surface area (TPSA) is 96.3 Å². The lowest BCUT2D eigenvalue weighted by atomic mass is 9.88. The molecule has 0 heterocycles. The summed E-state index contributed by atoms with van der Waals surface area (Å²) in [5, 5.41) is 12.3. The van der Waals surface area contributed by atoms with Crippen LogP contribution in [-0.2, 0) is 21.3 Å². The van der Waals surface area contributed by atoms with Crippen molar-refractivity contribution < 1.29 is 17.4 Å². The van der Waals surface area contributed by atoms with E-state index < -0.39 is 16.2 Å². The second-order valence-corrected chi connectivity index (χ2v) is 9.31. The molecule has 7 heteroatoms. The maximum absolute atomic E-state index is 12.4. The SMILES string of the molecule is CS(=O)(=O)Oc1ccc(-c2ccc(C[C@@H](C#N)NC(=O)C3CCCCC3)cc2)cc1. The highest BCUT2D eigenvalue weighted by molar-refractivity contribution is 7.86. The first-order chi connectivity index (χ1) is 14.3. The second-order valence-electron chi connectivity index (χ2n) is 7.74. The monoisotopic (exact) mass is 426 g/mol. The molecule has 158 valence electrons. The fourth-order valence-electron chi connectivity index (χ4n) is 3.73. The van der Waals surface area contributed by atoms with Crippen LogP contribution in [0.5, 0.6) is 5.75 Å². The van der Waals surface area contributed by atoms with Crippen molar-refractivity contribution in [3.05, 3.63) is 54.1 Å². The van der Waals surface area contributed by atoms with Crippen LogP contribution in [0, 0.1) is 17.2 Å². The van der Waals surface area contributed by atoms with Gasteiger partial charge in [0.25, 0.3) is 0 Å². The molecule has 1 fully saturated rings. The molecule has 2 aromatic carbocycles. The van der Waals surface area contributed by atoms with Crippen LogP contribution in [0.15, 0.2) is 48.5 Å². The van der Waals surface area contributed by atoms with Gasteiger partial charge in [0.1, 0.15) is 11.8 Å². The van der Waals surface area contributed by atoms with Crippen molar-refractivity contribution in [2.75, 3.05) is 6.26 Å². The van der Waals surface area contributed by atoms with Crippen molar-refractivity contribution in [3.8, 4) is 22.9 Å². The van der Waals surface area contributed by atoms with E-state index in [1.807, 2.05) is 24.3 Å². The summed E-state index contributed by atoms with van der Waals surface area (Å²) in [6, 6.07) is 16.2. The van der Waals surface area contributed by atoms with Crippen molar-refractivity contribution in [1.29, 1.82) is 5.26 Å². The molecule has 1 saturated carbocycles. The first-order valence-electron chi connectivity index (χ1n) is 10.1. The molecule has 6 nitrogen and oxygen atoms in total. The number of rotatable bonds is 7. The van der Waals surface area contributed by atoms with Crippen molar-refractivity contribution in [2.24, 2.45) is 5.92 Å². The lowest BCUT2D eigenvalue weighted by molar-refractivity contribution is -0.126. The third kappa shape index (κ3) is 6.33. The van der Waals surface area contributed by atoms with E-state index in [9.17, 15) is 18.5 Å². The van der Waals surface area contributed by atoms with Crippen molar-refractivity contribution in [2.45, 2.75) is 44.6 Å². The Balaban J connectivity index is 1.60. The fourth-order valence-corrected chi connectivity index (χ4v) is 4.19. The molecule has 30 heavy (non-hydrogen) atoms. The van der Waals surface area contributed by atoms with Gasteiger partial charge < -0.3 is 9.50 Å². The van der Waals surface area contributed by atoms with Crippen LogP contribution in [0.3, 0.4) is 0 Å². The van der Waals surface area contributed by atoms with Crippen LogP contribution in [0.25, 0.3) is 11.1 Å². The van der Waals surface area contributed by atoms with Crippen LogP contribution in [-0.4, -0.2) is 26.6 Å². The predicted octanol–water partition coefficient (Wildman–Crippen LogP) is 3.82. The molecule has 1 amide bonds. The Morgan fingerprint density at radius 1 is 1.07 bits per heavy atom. The molecular formula is C23H26N2O4S. The van der Waals surface area contributed by atoms with Crippen molar-refractivity contribution in [3.63, 3.8) is 0 Å². The highest BCUT2D eigenvalue weighted by Gasteiger charge is 2.23. The van der Waals surface area contributed by atoms with E-state index >= 15 is 0 Å². The van der Waals surface area contributed by atoms with Crippen molar-refractivity contribution >= 4 is 16.0 Å². The molecule has 1 aliphatic carbocycles. The number of carbonyl (C=O) groups excluding carboxylic acids is 1. The predicted molar refractivity (Wildman–Crippen MR) is 115 cm³/mol. The van der Waals surface area contributed by atoms with Gasteiger partial charge in [0.15, 0.2) is 0 Å². The highest BCUT2D eigenvalue weighted by Crippen LogP contribution is 2.25. The number of carbonyl (C=O) groups is 1. The second kappa shape index (κ2) is 9.77. The van der Waals surface area contributed by atoms with E-state index in [0.29, 0.717) is 6.42 Å². The standard InChI is InChI=1S/C23H26N2O4S/c1-30(27,28)29-22-13-11-19(12-14-22)18-9-7-17(8-10-18)15-21(16-24)25-23(26)20-5-3-2-4-6-20/h7-14,20-21H,2-6,15H2,1H3,(H,25,26)/t21-/m0/s1. The van der Waals surface area contributed by atoms with Gasteiger partial charge in [0.2, 0.25) is 5.91 Å². The summed E-state index contributed by atoms with van der Waals surface area (Å²) in [7, 11) is -3.55. The zero-order chi connectivity index (χ0) is 21.6. The van der Waals surface area contributed by atoms with Gasteiger partial charge in [0.05, 0.1) is 12.3 Å². The van der Waals surface area contributed by atoms with Crippen molar-refractivity contribution in [1.82, 2.24) is 5.32 Å². The van der Waals surface area contributed by atoms with E-state index in [2.05, 4.69) is 11.4 Å². The van der Waals surface area contributed by atoms with Gasteiger partial charge in [0, 0.05) is 12.3 Å². The van der Waals surface area contributed by atoms with E-state index in [1.165, 1.54) is 6.42 Å². The summed E-state index contributed by atoms with van der Waals surface area (Å²) in [5.74, 6) is 0.296. The van der Waals surface area contributed by atoms with Crippen LogP contribution in [0.4, 0.5) is 0 Å².